The Labute approximate surface area is 134 Å². The van der Waals surface area contributed by atoms with Gasteiger partial charge in [0, 0.05) is 26.3 Å². The molecule has 3 N–H and O–H groups in total. The molecule has 2 heterocycles. The summed E-state index contributed by atoms with van der Waals surface area (Å²) in [6.45, 7) is 4.42. The van der Waals surface area contributed by atoms with Gasteiger partial charge in [-0.3, -0.25) is 9.59 Å². The van der Waals surface area contributed by atoms with E-state index in [0.29, 0.717) is 25.5 Å². The second-order valence-corrected chi connectivity index (χ2v) is 5.32. The SMILES string of the molecule is CC(=O)OCC(CCN1CNc2nc(N)ncc21)COC(C)=O. The number of hydrogen-bond donors (Lipinski definition) is 2. The zero-order valence-electron chi connectivity index (χ0n) is 13.2. The van der Waals surface area contributed by atoms with Gasteiger partial charge in [-0.05, 0) is 6.42 Å². The number of fused-ring (bicyclic) bond motifs is 1. The normalized spacial score (nSPS) is 12.7. The predicted molar refractivity (Wildman–Crippen MR) is 83.7 cm³/mol. The Morgan fingerprint density at radius 3 is 2.61 bits per heavy atom. The van der Waals surface area contributed by atoms with E-state index >= 15 is 0 Å². The summed E-state index contributed by atoms with van der Waals surface area (Å²) >= 11 is 0. The Hall–Kier alpha value is -2.58. The van der Waals surface area contributed by atoms with Gasteiger partial charge in [0.25, 0.3) is 0 Å². The van der Waals surface area contributed by atoms with Crippen molar-refractivity contribution in [3.63, 3.8) is 0 Å². The Bertz CT molecular complexity index is 562. The molecule has 0 bridgehead atoms. The van der Waals surface area contributed by atoms with Gasteiger partial charge in [0.15, 0.2) is 5.82 Å². The lowest BCUT2D eigenvalue weighted by atomic mass is 10.1. The number of nitrogens with one attached hydrogen (secondary N) is 1. The molecular weight excluding hydrogens is 302 g/mol. The quantitative estimate of drug-likeness (QED) is 0.686. The molecule has 23 heavy (non-hydrogen) atoms. The number of ether oxygens (including phenoxy) is 2. The molecule has 1 aliphatic heterocycles. The molecule has 0 amide bonds. The van der Waals surface area contributed by atoms with Crippen LogP contribution < -0.4 is 16.0 Å². The average Bonchev–Trinajstić information content (AvgIpc) is 2.88. The maximum atomic E-state index is 11.0. The van der Waals surface area contributed by atoms with Crippen LogP contribution >= 0.6 is 0 Å². The smallest absolute Gasteiger partial charge is 0.302 e. The highest BCUT2D eigenvalue weighted by atomic mass is 16.5. The second-order valence-electron chi connectivity index (χ2n) is 5.32. The van der Waals surface area contributed by atoms with Crippen molar-refractivity contribution in [1.82, 2.24) is 9.97 Å². The Kier molecular flexibility index (Phi) is 5.56. The number of carbonyl (C=O) groups excluding carboxylic acids is 2. The summed E-state index contributed by atoms with van der Waals surface area (Å²) in [6, 6.07) is 0. The summed E-state index contributed by atoms with van der Waals surface area (Å²) in [6.07, 6.45) is 2.36. The van der Waals surface area contributed by atoms with Crippen molar-refractivity contribution >= 4 is 29.4 Å². The van der Waals surface area contributed by atoms with E-state index < -0.39 is 0 Å². The van der Waals surface area contributed by atoms with Crippen LogP contribution in [0.3, 0.4) is 0 Å². The number of hydrogen-bond acceptors (Lipinski definition) is 9. The van der Waals surface area contributed by atoms with Crippen molar-refractivity contribution < 1.29 is 19.1 Å². The first-order chi connectivity index (χ1) is 11.0. The molecule has 0 radical (unpaired) electrons. The van der Waals surface area contributed by atoms with Crippen molar-refractivity contribution in [3.05, 3.63) is 6.20 Å². The number of nitrogens with two attached hydrogens (primary N) is 1. The minimum Gasteiger partial charge on any atom is -0.465 e. The third-order valence-electron chi connectivity index (χ3n) is 3.42. The number of aromatic nitrogens is 2. The molecule has 0 spiro atoms. The lowest BCUT2D eigenvalue weighted by molar-refractivity contribution is -0.146. The van der Waals surface area contributed by atoms with E-state index in [1.54, 1.807) is 6.20 Å². The van der Waals surface area contributed by atoms with Crippen molar-refractivity contribution in [3.8, 4) is 0 Å². The number of anilines is 3. The standard InChI is InChI=1S/C14H21N5O4/c1-9(20)22-6-11(7-23-10(2)21)3-4-19-8-17-13-12(19)5-16-14(15)18-13/h5,11H,3-4,6-8H2,1-2H3,(H3,15,16,17,18). The lowest BCUT2D eigenvalue weighted by Gasteiger charge is -2.21. The Morgan fingerprint density at radius 2 is 2.00 bits per heavy atom. The zero-order chi connectivity index (χ0) is 16.8. The van der Waals surface area contributed by atoms with Crippen LogP contribution in [0.25, 0.3) is 0 Å². The van der Waals surface area contributed by atoms with Gasteiger partial charge < -0.3 is 25.4 Å². The fourth-order valence-electron chi connectivity index (χ4n) is 2.23. The summed E-state index contributed by atoms with van der Waals surface area (Å²) in [5, 5.41) is 3.14. The minimum atomic E-state index is -0.352. The zero-order valence-corrected chi connectivity index (χ0v) is 13.2. The number of carbonyl (C=O) groups is 2. The Morgan fingerprint density at radius 1 is 1.35 bits per heavy atom. The van der Waals surface area contributed by atoms with Gasteiger partial charge in [0.1, 0.15) is 0 Å². The van der Waals surface area contributed by atoms with Crippen LogP contribution in [0, 0.1) is 5.92 Å². The summed E-state index contributed by atoms with van der Waals surface area (Å²) in [5.41, 5.74) is 6.43. The van der Waals surface area contributed by atoms with E-state index in [9.17, 15) is 9.59 Å². The maximum Gasteiger partial charge on any atom is 0.302 e. The van der Waals surface area contributed by atoms with Gasteiger partial charge in [-0.2, -0.15) is 4.98 Å². The third-order valence-corrected chi connectivity index (χ3v) is 3.42. The highest BCUT2D eigenvalue weighted by molar-refractivity contribution is 5.70. The number of rotatable bonds is 7. The molecule has 0 unspecified atom stereocenters. The van der Waals surface area contributed by atoms with Crippen LogP contribution in [-0.2, 0) is 19.1 Å². The molecule has 0 saturated carbocycles. The van der Waals surface area contributed by atoms with Gasteiger partial charge in [0.2, 0.25) is 5.95 Å². The van der Waals surface area contributed by atoms with Crippen molar-refractivity contribution in [2.75, 3.05) is 42.4 Å². The number of esters is 2. The minimum absolute atomic E-state index is 0.0680. The average molecular weight is 323 g/mol. The van der Waals surface area contributed by atoms with Gasteiger partial charge in [-0.25, -0.2) is 4.98 Å². The van der Waals surface area contributed by atoms with Crippen LogP contribution in [0.1, 0.15) is 20.3 Å². The molecule has 1 aromatic heterocycles. The fourth-order valence-corrected chi connectivity index (χ4v) is 2.23. The predicted octanol–water partition coefficient (Wildman–Crippen LogP) is 0.381. The summed E-state index contributed by atoms with van der Waals surface area (Å²) in [5.74, 6) is 0.154. The van der Waals surface area contributed by atoms with E-state index in [-0.39, 0.29) is 37.0 Å². The topological polar surface area (TPSA) is 120 Å². The molecule has 9 nitrogen and oxygen atoms in total. The van der Waals surface area contributed by atoms with Crippen molar-refractivity contribution in [2.45, 2.75) is 20.3 Å². The van der Waals surface area contributed by atoms with Crippen LogP contribution in [-0.4, -0.2) is 48.3 Å². The largest absolute Gasteiger partial charge is 0.465 e. The highest BCUT2D eigenvalue weighted by Gasteiger charge is 2.22. The monoisotopic (exact) mass is 323 g/mol. The lowest BCUT2D eigenvalue weighted by Crippen LogP contribution is -2.29. The first-order valence-electron chi connectivity index (χ1n) is 7.33. The maximum absolute atomic E-state index is 11.0. The van der Waals surface area contributed by atoms with Gasteiger partial charge in [0.05, 0.1) is 31.8 Å². The molecule has 1 aliphatic rings. The first-order valence-corrected chi connectivity index (χ1v) is 7.33. The molecule has 2 rings (SSSR count). The van der Waals surface area contributed by atoms with Crippen LogP contribution in [0.4, 0.5) is 17.5 Å². The first kappa shape index (κ1) is 16.8. The summed E-state index contributed by atoms with van der Waals surface area (Å²) in [7, 11) is 0. The van der Waals surface area contributed by atoms with Gasteiger partial charge in [-0.15, -0.1) is 0 Å². The summed E-state index contributed by atoms with van der Waals surface area (Å²) < 4.78 is 10.1. The number of nitrogen functional groups attached to an aromatic ring is 1. The molecule has 0 aromatic carbocycles. The number of nitrogens with zero attached hydrogens (tertiary/aromatic N) is 3. The van der Waals surface area contributed by atoms with E-state index in [1.807, 2.05) is 0 Å². The van der Waals surface area contributed by atoms with E-state index in [4.69, 9.17) is 15.2 Å². The Balaban J connectivity index is 1.90. The third kappa shape index (κ3) is 4.97. The summed E-state index contributed by atoms with van der Waals surface area (Å²) in [4.78, 5) is 32.1. The van der Waals surface area contributed by atoms with Crippen LogP contribution in [0.15, 0.2) is 6.20 Å². The second kappa shape index (κ2) is 7.61. The molecule has 126 valence electrons. The van der Waals surface area contributed by atoms with Gasteiger partial charge >= 0.3 is 11.9 Å². The van der Waals surface area contributed by atoms with E-state index in [1.165, 1.54) is 13.8 Å². The molecule has 0 fully saturated rings. The molecule has 1 aromatic rings. The van der Waals surface area contributed by atoms with Crippen molar-refractivity contribution in [2.24, 2.45) is 5.92 Å². The van der Waals surface area contributed by atoms with Crippen LogP contribution in [0.2, 0.25) is 0 Å². The molecule has 0 aliphatic carbocycles. The van der Waals surface area contributed by atoms with Crippen LogP contribution in [0.5, 0.6) is 0 Å². The van der Waals surface area contributed by atoms with E-state index in [2.05, 4.69) is 20.2 Å². The highest BCUT2D eigenvalue weighted by Crippen LogP contribution is 2.29. The van der Waals surface area contributed by atoms with Crippen molar-refractivity contribution in [1.29, 1.82) is 0 Å². The molecule has 9 heteroatoms. The molecule has 0 atom stereocenters. The molecule has 0 saturated heterocycles. The van der Waals surface area contributed by atoms with Gasteiger partial charge in [-0.1, -0.05) is 0 Å². The fraction of sp³-hybridized carbons (Fsp3) is 0.571. The molecular formula is C14H21N5O4. The van der Waals surface area contributed by atoms with E-state index in [0.717, 1.165) is 5.69 Å².